The maximum Gasteiger partial charge on any atom is 0.212 e. The summed E-state index contributed by atoms with van der Waals surface area (Å²) in [6.07, 6.45) is 0. The molecule has 0 aliphatic carbocycles. The van der Waals surface area contributed by atoms with Crippen molar-refractivity contribution in [2.45, 2.75) is 10.6 Å². The number of hydrogen-bond donors (Lipinski definition) is 3. The Morgan fingerprint density at radius 3 is 2.83 bits per heavy atom. The van der Waals surface area contributed by atoms with Crippen LogP contribution in [0.3, 0.4) is 0 Å². The molecule has 0 fully saturated rings. The molecule has 0 atom stereocenters. The first-order valence-electron chi connectivity index (χ1n) is 6.90. The predicted molar refractivity (Wildman–Crippen MR) is 102 cm³/mol. The van der Waals surface area contributed by atoms with Crippen LogP contribution < -0.4 is 16.8 Å². The third kappa shape index (κ3) is 4.88. The zero-order chi connectivity index (χ0) is 16.1. The molecule has 2 aromatic rings. The van der Waals surface area contributed by atoms with Gasteiger partial charge in [0.05, 0.1) is 12.2 Å². The molecule has 3 rings (SSSR count). The van der Waals surface area contributed by atoms with Gasteiger partial charge in [0.25, 0.3) is 0 Å². The Bertz CT molecular complexity index is 718. The van der Waals surface area contributed by atoms with E-state index in [0.717, 1.165) is 34.6 Å². The first kappa shape index (κ1) is 16.2. The predicted octanol–water partition coefficient (Wildman–Crippen LogP) is 2.86. The number of thiazole rings is 1. The van der Waals surface area contributed by atoms with Crippen LogP contribution in [0.25, 0.3) is 0 Å². The number of guanidine groups is 1. The van der Waals surface area contributed by atoms with E-state index in [1.54, 1.807) is 23.5 Å². The molecule has 1 aliphatic heterocycles. The van der Waals surface area contributed by atoms with Gasteiger partial charge in [-0.15, -0.1) is 23.1 Å². The Morgan fingerprint density at radius 2 is 2.13 bits per heavy atom. The van der Waals surface area contributed by atoms with Crippen LogP contribution in [0.5, 0.6) is 0 Å². The molecule has 0 bridgehead atoms. The lowest BCUT2D eigenvalue weighted by Crippen LogP contribution is -2.21. The minimum Gasteiger partial charge on any atom is -0.370 e. The van der Waals surface area contributed by atoms with E-state index in [1.807, 2.05) is 5.38 Å². The zero-order valence-corrected chi connectivity index (χ0v) is 14.7. The van der Waals surface area contributed by atoms with Crippen molar-refractivity contribution in [2.75, 3.05) is 17.6 Å². The number of aromatic nitrogens is 1. The van der Waals surface area contributed by atoms with Crippen LogP contribution in [0, 0.1) is 0 Å². The average Bonchev–Trinajstić information content (AvgIpc) is 3.18. The van der Waals surface area contributed by atoms with Gasteiger partial charge in [-0.2, -0.15) is 4.99 Å². The molecule has 9 heteroatoms. The van der Waals surface area contributed by atoms with Gasteiger partial charge in [0.1, 0.15) is 0 Å². The van der Waals surface area contributed by atoms with E-state index >= 15 is 0 Å². The van der Waals surface area contributed by atoms with Crippen LogP contribution in [0.1, 0.15) is 5.69 Å². The second-order valence-corrected chi connectivity index (χ2v) is 7.60. The van der Waals surface area contributed by atoms with E-state index in [2.05, 4.69) is 44.6 Å². The molecular formula is C14H16N6S3. The van der Waals surface area contributed by atoms with Gasteiger partial charge in [0.15, 0.2) is 11.1 Å². The first-order chi connectivity index (χ1) is 11.2. The molecule has 120 valence electrons. The highest BCUT2D eigenvalue weighted by Gasteiger charge is 2.07. The molecule has 0 unspecified atom stereocenters. The van der Waals surface area contributed by atoms with Crippen molar-refractivity contribution in [3.05, 3.63) is 35.3 Å². The molecule has 0 spiro atoms. The van der Waals surface area contributed by atoms with E-state index in [-0.39, 0.29) is 5.96 Å². The third-order valence-electron chi connectivity index (χ3n) is 2.84. The fourth-order valence-corrected chi connectivity index (χ4v) is 4.20. The Balaban J connectivity index is 1.54. The number of anilines is 1. The highest BCUT2D eigenvalue weighted by Crippen LogP contribution is 2.27. The summed E-state index contributed by atoms with van der Waals surface area (Å²) in [5.41, 5.74) is 12.7. The van der Waals surface area contributed by atoms with Crippen molar-refractivity contribution in [2.24, 2.45) is 21.5 Å². The van der Waals surface area contributed by atoms with Gasteiger partial charge in [-0.3, -0.25) is 4.99 Å². The minimum atomic E-state index is 0.0340. The molecule has 0 amide bonds. The maximum absolute atomic E-state index is 5.34. The summed E-state index contributed by atoms with van der Waals surface area (Å²) in [6.45, 7) is 0.899. The van der Waals surface area contributed by atoms with Gasteiger partial charge in [-0.25, -0.2) is 4.98 Å². The van der Waals surface area contributed by atoms with Crippen LogP contribution >= 0.6 is 34.9 Å². The Labute approximate surface area is 146 Å². The van der Waals surface area contributed by atoms with Crippen molar-refractivity contribution in [3.63, 3.8) is 0 Å². The third-order valence-corrected chi connectivity index (χ3v) is 5.56. The lowest BCUT2D eigenvalue weighted by Gasteiger charge is -2.06. The minimum absolute atomic E-state index is 0.0340. The number of thioether (sulfide) groups is 2. The summed E-state index contributed by atoms with van der Waals surface area (Å²) in [4.78, 5) is 13.9. The van der Waals surface area contributed by atoms with E-state index in [0.29, 0.717) is 5.13 Å². The summed E-state index contributed by atoms with van der Waals surface area (Å²) in [7, 11) is 0. The lowest BCUT2D eigenvalue weighted by molar-refractivity contribution is 1.17. The highest BCUT2D eigenvalue weighted by atomic mass is 32.2. The monoisotopic (exact) mass is 364 g/mol. The van der Waals surface area contributed by atoms with Crippen LogP contribution in [-0.2, 0) is 5.75 Å². The molecule has 0 saturated carbocycles. The molecule has 6 nitrogen and oxygen atoms in total. The summed E-state index contributed by atoms with van der Waals surface area (Å²) in [5, 5.41) is 6.88. The van der Waals surface area contributed by atoms with Crippen molar-refractivity contribution in [1.82, 2.24) is 4.98 Å². The molecule has 1 aliphatic rings. The smallest absolute Gasteiger partial charge is 0.212 e. The number of rotatable bonds is 5. The maximum atomic E-state index is 5.34. The topological polar surface area (TPSA) is 102 Å². The number of nitrogens with one attached hydrogen (secondary N) is 1. The van der Waals surface area contributed by atoms with Crippen molar-refractivity contribution >= 4 is 56.8 Å². The number of amidine groups is 1. The Kier molecular flexibility index (Phi) is 5.42. The first-order valence-corrected chi connectivity index (χ1v) is 9.75. The van der Waals surface area contributed by atoms with Crippen LogP contribution in [0.2, 0.25) is 0 Å². The number of hydrogen-bond acceptors (Lipinski definition) is 7. The fourth-order valence-electron chi connectivity index (χ4n) is 1.85. The van der Waals surface area contributed by atoms with Gasteiger partial charge in [-0.1, -0.05) is 11.8 Å². The summed E-state index contributed by atoms with van der Waals surface area (Å²) < 4.78 is 0. The van der Waals surface area contributed by atoms with Gasteiger partial charge in [-0.05, 0) is 24.3 Å². The second-order valence-electron chi connectivity index (χ2n) is 4.63. The molecule has 2 heterocycles. The zero-order valence-electron chi connectivity index (χ0n) is 12.2. The second kappa shape index (κ2) is 7.71. The fraction of sp³-hybridized carbons (Fsp3) is 0.214. The quantitative estimate of drug-likeness (QED) is 0.428. The van der Waals surface area contributed by atoms with Crippen molar-refractivity contribution in [3.8, 4) is 0 Å². The highest BCUT2D eigenvalue weighted by molar-refractivity contribution is 8.14. The van der Waals surface area contributed by atoms with E-state index in [9.17, 15) is 0 Å². The number of nitrogens with two attached hydrogens (primary N) is 2. The Morgan fingerprint density at radius 1 is 1.30 bits per heavy atom. The summed E-state index contributed by atoms with van der Waals surface area (Å²) in [6, 6.07) is 8.32. The molecule has 5 N–H and O–H groups in total. The van der Waals surface area contributed by atoms with Crippen LogP contribution in [0.4, 0.5) is 10.8 Å². The summed E-state index contributed by atoms with van der Waals surface area (Å²) in [5.74, 6) is 1.88. The standard InChI is InChI=1S/C14H16N6S3/c15-12(16)20-14-19-10(8-23-14)7-22-11-3-1-9(2-4-11)18-13-17-5-6-21-13/h1-4,8H,5-7H2,(H,17,18)(H4,15,16,19,20). The van der Waals surface area contributed by atoms with Crippen LogP contribution in [-0.4, -0.2) is 28.4 Å². The molecule has 23 heavy (non-hydrogen) atoms. The van der Waals surface area contributed by atoms with Crippen molar-refractivity contribution in [1.29, 1.82) is 0 Å². The van der Waals surface area contributed by atoms with Gasteiger partial charge >= 0.3 is 0 Å². The largest absolute Gasteiger partial charge is 0.370 e. The molecule has 0 radical (unpaired) electrons. The van der Waals surface area contributed by atoms with E-state index < -0.39 is 0 Å². The number of benzene rings is 1. The molecule has 0 saturated heterocycles. The van der Waals surface area contributed by atoms with E-state index in [1.165, 1.54) is 16.2 Å². The number of nitrogens with zero attached hydrogens (tertiary/aromatic N) is 3. The Hall–Kier alpha value is -1.71. The van der Waals surface area contributed by atoms with Crippen molar-refractivity contribution < 1.29 is 0 Å². The van der Waals surface area contributed by atoms with Crippen LogP contribution in [0.15, 0.2) is 44.5 Å². The SMILES string of the molecule is NC(N)=Nc1nc(CSc2ccc(NC3=NCCS3)cc2)cs1. The van der Waals surface area contributed by atoms with Gasteiger partial charge < -0.3 is 16.8 Å². The molecule has 1 aromatic heterocycles. The molecule has 1 aromatic carbocycles. The average molecular weight is 365 g/mol. The summed E-state index contributed by atoms with van der Waals surface area (Å²) >= 11 is 4.92. The molecular weight excluding hydrogens is 348 g/mol. The van der Waals surface area contributed by atoms with Gasteiger partial charge in [0, 0.05) is 27.5 Å². The van der Waals surface area contributed by atoms with E-state index in [4.69, 9.17) is 11.5 Å². The lowest BCUT2D eigenvalue weighted by atomic mass is 10.3. The van der Waals surface area contributed by atoms with Gasteiger partial charge in [0.2, 0.25) is 5.13 Å². The number of aliphatic imine (C=N–C) groups is 2. The normalized spacial score (nSPS) is 13.7.